The molecular weight excluding hydrogens is 467 g/mol. The lowest BCUT2D eigenvalue weighted by Crippen LogP contribution is -2.14. The monoisotopic (exact) mass is 488 g/mol. The zero-order valence-corrected chi connectivity index (χ0v) is 17.9. The average Bonchev–Trinajstić information content (AvgIpc) is 2.71. The molecule has 0 spiro atoms. The molecule has 2 aromatic carbocycles. The largest absolute Gasteiger partial charge is 0.493 e. The maximum Gasteiger partial charge on any atom is 0.266 e. The lowest BCUT2D eigenvalue weighted by atomic mass is 10.1. The number of halogens is 1. The highest BCUT2D eigenvalue weighted by atomic mass is 127. The second-order valence-corrected chi connectivity index (χ2v) is 6.93. The van der Waals surface area contributed by atoms with Crippen molar-refractivity contribution < 1.29 is 14.3 Å². The maximum atomic E-state index is 12.6. The van der Waals surface area contributed by atoms with Crippen molar-refractivity contribution in [1.82, 2.24) is 0 Å². The highest BCUT2D eigenvalue weighted by Gasteiger charge is 2.14. The molecule has 0 heterocycles. The van der Waals surface area contributed by atoms with Crippen LogP contribution >= 0.6 is 22.6 Å². The molecule has 0 aliphatic rings. The molecule has 0 aliphatic heterocycles. The lowest BCUT2D eigenvalue weighted by Gasteiger charge is -2.13. The Kier molecular flexibility index (Phi) is 8.08. The van der Waals surface area contributed by atoms with Gasteiger partial charge in [0.05, 0.1) is 10.7 Å². The summed E-state index contributed by atoms with van der Waals surface area (Å²) < 4.78 is 11.8. The van der Waals surface area contributed by atoms with Gasteiger partial charge in [-0.1, -0.05) is 37.8 Å². The van der Waals surface area contributed by atoms with E-state index in [1.54, 1.807) is 19.3 Å². The van der Waals surface area contributed by atoms with Crippen LogP contribution in [0.5, 0.6) is 11.5 Å². The van der Waals surface area contributed by atoms with E-state index in [0.29, 0.717) is 29.4 Å². The molecule has 2 rings (SSSR count). The Hall–Kier alpha value is -2.79. The van der Waals surface area contributed by atoms with Crippen LogP contribution in [-0.4, -0.2) is 19.6 Å². The van der Waals surface area contributed by atoms with E-state index in [0.717, 1.165) is 15.6 Å². The third kappa shape index (κ3) is 5.36. The Bertz CT molecular complexity index is 945. The summed E-state index contributed by atoms with van der Waals surface area (Å²) in [5.41, 5.74) is 2.38. The van der Waals surface area contributed by atoms with Gasteiger partial charge in [-0.05, 0) is 64.4 Å². The fourth-order valence-corrected chi connectivity index (χ4v) is 3.34. The van der Waals surface area contributed by atoms with Crippen LogP contribution in [0.15, 0.2) is 54.6 Å². The highest BCUT2D eigenvalue weighted by Crippen LogP contribution is 2.34. The minimum absolute atomic E-state index is 0.00326. The van der Waals surface area contributed by atoms with Gasteiger partial charge < -0.3 is 14.8 Å². The van der Waals surface area contributed by atoms with E-state index in [2.05, 4.69) is 34.5 Å². The van der Waals surface area contributed by atoms with Gasteiger partial charge in [-0.2, -0.15) is 5.26 Å². The SMILES string of the molecule is C=CCOc1c(I)cc(/C=C(\C#N)C(=O)Nc2ccccc2CC)cc1OC. The van der Waals surface area contributed by atoms with Crippen molar-refractivity contribution in [1.29, 1.82) is 5.26 Å². The molecule has 1 N–H and O–H groups in total. The van der Waals surface area contributed by atoms with Crippen LogP contribution in [0.25, 0.3) is 6.08 Å². The number of carbonyl (C=O) groups is 1. The molecule has 6 heteroatoms. The summed E-state index contributed by atoms with van der Waals surface area (Å²) in [7, 11) is 1.54. The van der Waals surface area contributed by atoms with E-state index < -0.39 is 5.91 Å². The summed E-state index contributed by atoms with van der Waals surface area (Å²) >= 11 is 2.13. The lowest BCUT2D eigenvalue weighted by molar-refractivity contribution is -0.112. The topological polar surface area (TPSA) is 71.3 Å². The summed E-state index contributed by atoms with van der Waals surface area (Å²) in [5, 5.41) is 12.3. The number of aryl methyl sites for hydroxylation is 1. The van der Waals surface area contributed by atoms with Gasteiger partial charge in [0.1, 0.15) is 18.2 Å². The number of amides is 1. The second kappa shape index (κ2) is 10.5. The fraction of sp³-hybridized carbons (Fsp3) is 0.182. The minimum atomic E-state index is -0.454. The molecule has 0 bridgehead atoms. The number of hydrogen-bond acceptors (Lipinski definition) is 4. The first-order valence-corrected chi connectivity index (χ1v) is 9.74. The molecule has 144 valence electrons. The normalized spacial score (nSPS) is 10.7. The quantitative estimate of drug-likeness (QED) is 0.247. The van der Waals surface area contributed by atoms with Crippen molar-refractivity contribution in [3.05, 3.63) is 69.3 Å². The maximum absolute atomic E-state index is 12.6. The molecule has 0 aliphatic carbocycles. The smallest absolute Gasteiger partial charge is 0.266 e. The highest BCUT2D eigenvalue weighted by molar-refractivity contribution is 14.1. The molecule has 0 unspecified atom stereocenters. The van der Waals surface area contributed by atoms with Crippen molar-refractivity contribution in [2.24, 2.45) is 0 Å². The zero-order chi connectivity index (χ0) is 20.5. The Morgan fingerprint density at radius 2 is 2.11 bits per heavy atom. The van der Waals surface area contributed by atoms with E-state index in [-0.39, 0.29) is 5.57 Å². The van der Waals surface area contributed by atoms with Crippen molar-refractivity contribution in [3.8, 4) is 17.6 Å². The van der Waals surface area contributed by atoms with Crippen LogP contribution in [0.1, 0.15) is 18.1 Å². The van der Waals surface area contributed by atoms with Gasteiger partial charge in [0.25, 0.3) is 5.91 Å². The van der Waals surface area contributed by atoms with Gasteiger partial charge in [0, 0.05) is 5.69 Å². The molecule has 5 nitrogen and oxygen atoms in total. The molecule has 0 radical (unpaired) electrons. The summed E-state index contributed by atoms with van der Waals surface area (Å²) in [6.07, 6.45) is 3.96. The van der Waals surface area contributed by atoms with Crippen molar-refractivity contribution in [2.75, 3.05) is 19.0 Å². The Morgan fingerprint density at radius 3 is 2.75 bits per heavy atom. The standard InChI is InChI=1S/C22H21IN2O3/c1-4-10-28-21-18(23)12-15(13-20(21)27-3)11-17(14-24)22(26)25-19-9-7-6-8-16(19)5-2/h4,6-9,11-13H,1,5,10H2,2-3H3,(H,25,26)/b17-11+. The molecular formula is C22H21IN2O3. The number of anilines is 1. The van der Waals surface area contributed by atoms with Gasteiger partial charge in [-0.15, -0.1) is 0 Å². The van der Waals surface area contributed by atoms with E-state index in [9.17, 15) is 10.1 Å². The van der Waals surface area contributed by atoms with E-state index in [4.69, 9.17) is 9.47 Å². The van der Waals surface area contributed by atoms with E-state index in [1.807, 2.05) is 43.3 Å². The van der Waals surface area contributed by atoms with Crippen LogP contribution in [0.2, 0.25) is 0 Å². The molecule has 0 aromatic heterocycles. The van der Waals surface area contributed by atoms with Crippen LogP contribution in [0.4, 0.5) is 5.69 Å². The number of ether oxygens (including phenoxy) is 2. The first-order valence-electron chi connectivity index (χ1n) is 8.66. The number of nitrogens with zero attached hydrogens (tertiary/aromatic N) is 1. The number of nitrogens with one attached hydrogen (secondary N) is 1. The van der Waals surface area contributed by atoms with Crippen molar-refractivity contribution in [3.63, 3.8) is 0 Å². The Balaban J connectivity index is 2.33. The fourth-order valence-electron chi connectivity index (χ4n) is 2.56. The van der Waals surface area contributed by atoms with E-state index >= 15 is 0 Å². The van der Waals surface area contributed by atoms with Gasteiger partial charge >= 0.3 is 0 Å². The Morgan fingerprint density at radius 1 is 1.36 bits per heavy atom. The molecule has 0 fully saturated rings. The van der Waals surface area contributed by atoms with Gasteiger partial charge in [-0.25, -0.2) is 0 Å². The van der Waals surface area contributed by atoms with Crippen LogP contribution in [0.3, 0.4) is 0 Å². The number of rotatable bonds is 8. The van der Waals surface area contributed by atoms with Gasteiger partial charge in [-0.3, -0.25) is 4.79 Å². The predicted molar refractivity (Wildman–Crippen MR) is 119 cm³/mol. The van der Waals surface area contributed by atoms with Gasteiger partial charge in [0.15, 0.2) is 11.5 Å². The summed E-state index contributed by atoms with van der Waals surface area (Å²) in [6, 6.07) is 13.1. The minimum Gasteiger partial charge on any atom is -0.493 e. The van der Waals surface area contributed by atoms with Crippen LogP contribution < -0.4 is 14.8 Å². The number of para-hydroxylation sites is 1. The number of methoxy groups -OCH3 is 1. The van der Waals surface area contributed by atoms with Crippen molar-refractivity contribution in [2.45, 2.75) is 13.3 Å². The number of carbonyl (C=O) groups excluding carboxylic acids is 1. The average molecular weight is 488 g/mol. The first-order chi connectivity index (χ1) is 13.5. The molecule has 0 saturated carbocycles. The third-order valence-corrected chi connectivity index (χ3v) is 4.72. The van der Waals surface area contributed by atoms with Crippen LogP contribution in [-0.2, 0) is 11.2 Å². The molecule has 0 atom stereocenters. The molecule has 1 amide bonds. The van der Waals surface area contributed by atoms with E-state index in [1.165, 1.54) is 6.08 Å². The molecule has 0 saturated heterocycles. The summed E-state index contributed by atoms with van der Waals surface area (Å²) in [4.78, 5) is 12.6. The summed E-state index contributed by atoms with van der Waals surface area (Å²) in [5.74, 6) is 0.665. The molecule has 28 heavy (non-hydrogen) atoms. The molecule has 2 aromatic rings. The third-order valence-electron chi connectivity index (χ3n) is 3.92. The number of hydrogen-bond donors (Lipinski definition) is 1. The zero-order valence-electron chi connectivity index (χ0n) is 15.8. The number of benzene rings is 2. The number of nitriles is 1. The van der Waals surface area contributed by atoms with Crippen molar-refractivity contribution >= 4 is 40.3 Å². The predicted octanol–water partition coefficient (Wildman–Crippen LogP) is 4.97. The Labute approximate surface area is 178 Å². The summed E-state index contributed by atoms with van der Waals surface area (Å²) in [6.45, 7) is 6.00. The van der Waals surface area contributed by atoms with Crippen LogP contribution in [0, 0.1) is 14.9 Å². The second-order valence-electron chi connectivity index (χ2n) is 5.77. The van der Waals surface area contributed by atoms with Gasteiger partial charge in [0.2, 0.25) is 0 Å². The first kappa shape index (κ1) is 21.5.